The van der Waals surface area contributed by atoms with Gasteiger partial charge in [0.15, 0.2) is 0 Å². The first-order chi connectivity index (χ1) is 29.7. The molecule has 1 aromatic rings. The molecule has 0 aliphatic carbocycles. The average molecular weight is 906 g/mol. The number of benzene rings is 1. The van der Waals surface area contributed by atoms with Gasteiger partial charge in [0, 0.05) is 39.3 Å². The third kappa shape index (κ3) is 31.7. The smallest absolute Gasteiger partial charge is 0.437 e. The van der Waals surface area contributed by atoms with E-state index in [4.69, 9.17) is 23.8 Å². The summed E-state index contributed by atoms with van der Waals surface area (Å²) in [6, 6.07) is 9.46. The Kier molecular flexibility index (Phi) is 25.4. The van der Waals surface area contributed by atoms with Crippen LogP contribution in [0.1, 0.15) is 153 Å². The third-order valence-electron chi connectivity index (χ3n) is 8.20. The van der Waals surface area contributed by atoms with Crippen LogP contribution in [0.3, 0.4) is 0 Å². The minimum absolute atomic E-state index is 0.148. The van der Waals surface area contributed by atoms with E-state index in [9.17, 15) is 28.8 Å². The third-order valence-corrected chi connectivity index (χ3v) is 8.20. The van der Waals surface area contributed by atoms with Gasteiger partial charge in [-0.2, -0.15) is 0 Å². The number of aliphatic imine (C=N–C) groups is 1. The van der Waals surface area contributed by atoms with Crippen molar-refractivity contribution in [1.82, 2.24) is 31.2 Å². The van der Waals surface area contributed by atoms with E-state index in [1.54, 1.807) is 88.0 Å². The number of nitrogens with zero attached hydrogens (tertiary/aromatic N) is 3. The summed E-state index contributed by atoms with van der Waals surface area (Å²) in [5, 5.41) is 12.2. The lowest BCUT2D eigenvalue weighted by molar-refractivity contribution is -0.129. The predicted molar refractivity (Wildman–Crippen MR) is 245 cm³/mol. The van der Waals surface area contributed by atoms with E-state index in [2.05, 4.69) is 26.3 Å². The Morgan fingerprint density at radius 2 is 1.00 bits per heavy atom. The van der Waals surface area contributed by atoms with Crippen LogP contribution >= 0.6 is 0 Å². The quantitative estimate of drug-likeness (QED) is 0.0205. The molecule has 0 aliphatic heterocycles. The second-order valence-corrected chi connectivity index (χ2v) is 19.4. The van der Waals surface area contributed by atoms with E-state index in [1.807, 2.05) is 30.3 Å². The standard InChI is InChI=1S/C46H79N7O11/c1-43(2,3)61-39(56)49-29-24-31-52(42(59)64-46(10,11)12)30-23-21-28-48-37(55)33-36(54)47-27-20-15-13-14-16-22-32-53(60-34-35-25-18-17-19-26-35)38(50-40(57)62-44(4,5)6)51-41(58)63-45(7,8)9/h17-19,25-26H,13-16,20-24,27-34H2,1-12H3,(H,47,54)(H,48,55)(H,49,56)(H,50,51,57,58). The van der Waals surface area contributed by atoms with Gasteiger partial charge >= 0.3 is 24.4 Å². The zero-order valence-corrected chi connectivity index (χ0v) is 40.7. The molecule has 0 spiro atoms. The Morgan fingerprint density at radius 3 is 1.56 bits per heavy atom. The Hall–Kier alpha value is -5.13. The van der Waals surface area contributed by atoms with E-state index >= 15 is 0 Å². The SMILES string of the molecule is CC(C)(C)OC(=O)N=C(NC(=O)OC(C)(C)C)N(CCCCCCCCNC(=O)CC(=O)NCCCCN(CCCNC(=O)OC(C)(C)C)C(=O)OC(C)(C)C)OCc1ccccc1. The highest BCUT2D eigenvalue weighted by Crippen LogP contribution is 2.14. The molecule has 364 valence electrons. The number of amides is 6. The lowest BCUT2D eigenvalue weighted by Gasteiger charge is -2.27. The molecule has 6 amide bonds. The predicted octanol–water partition coefficient (Wildman–Crippen LogP) is 8.13. The fourth-order valence-electron chi connectivity index (χ4n) is 5.51. The maximum Gasteiger partial charge on any atom is 0.437 e. The number of ether oxygens (including phenoxy) is 4. The highest BCUT2D eigenvalue weighted by molar-refractivity contribution is 5.98. The molecule has 0 bridgehead atoms. The van der Waals surface area contributed by atoms with Crippen molar-refractivity contribution in [3.63, 3.8) is 0 Å². The Labute approximate surface area is 381 Å². The molecule has 0 unspecified atom stereocenters. The van der Waals surface area contributed by atoms with Crippen LogP contribution in [0.4, 0.5) is 19.2 Å². The first-order valence-electron chi connectivity index (χ1n) is 22.5. The van der Waals surface area contributed by atoms with Crippen LogP contribution in [0.2, 0.25) is 0 Å². The van der Waals surface area contributed by atoms with E-state index in [0.717, 1.165) is 37.7 Å². The fraction of sp³-hybridized carbons (Fsp3) is 0.717. The summed E-state index contributed by atoms with van der Waals surface area (Å²) < 4.78 is 21.6. The summed E-state index contributed by atoms with van der Waals surface area (Å²) >= 11 is 0. The summed E-state index contributed by atoms with van der Waals surface area (Å²) in [4.78, 5) is 86.8. The van der Waals surface area contributed by atoms with Crippen molar-refractivity contribution >= 4 is 42.1 Å². The topological polar surface area (TPSA) is 216 Å². The van der Waals surface area contributed by atoms with Crippen molar-refractivity contribution in [2.45, 2.75) is 176 Å². The number of nitrogens with one attached hydrogen (secondary N) is 4. The van der Waals surface area contributed by atoms with Crippen LogP contribution in [0.15, 0.2) is 35.3 Å². The van der Waals surface area contributed by atoms with Gasteiger partial charge in [-0.3, -0.25) is 19.7 Å². The fourth-order valence-corrected chi connectivity index (χ4v) is 5.51. The highest BCUT2D eigenvalue weighted by Gasteiger charge is 2.25. The van der Waals surface area contributed by atoms with Crippen molar-refractivity contribution in [2.75, 3.05) is 39.3 Å². The molecule has 0 aromatic heterocycles. The van der Waals surface area contributed by atoms with Gasteiger partial charge in [0.25, 0.3) is 0 Å². The van der Waals surface area contributed by atoms with Crippen molar-refractivity contribution < 1.29 is 52.6 Å². The van der Waals surface area contributed by atoms with E-state index in [0.29, 0.717) is 65.0 Å². The minimum atomic E-state index is -0.892. The molecule has 0 saturated carbocycles. The molecule has 0 aliphatic rings. The summed E-state index contributed by atoms with van der Waals surface area (Å²) in [6.07, 6.45) is 3.63. The summed E-state index contributed by atoms with van der Waals surface area (Å²) in [6.45, 7) is 23.4. The lowest BCUT2D eigenvalue weighted by atomic mass is 10.1. The largest absolute Gasteiger partial charge is 0.444 e. The molecule has 0 radical (unpaired) electrons. The minimum Gasteiger partial charge on any atom is -0.444 e. The Morgan fingerprint density at radius 1 is 0.531 bits per heavy atom. The molecule has 18 heteroatoms. The Balaban J connectivity index is 2.51. The number of guanidine groups is 1. The van der Waals surface area contributed by atoms with Gasteiger partial charge in [0.05, 0.1) is 0 Å². The van der Waals surface area contributed by atoms with Gasteiger partial charge < -0.3 is 39.8 Å². The monoisotopic (exact) mass is 906 g/mol. The van der Waals surface area contributed by atoms with Crippen LogP contribution in [-0.2, 0) is 40.0 Å². The number of rotatable bonds is 23. The molecule has 0 atom stereocenters. The first kappa shape index (κ1) is 56.9. The summed E-state index contributed by atoms with van der Waals surface area (Å²) in [7, 11) is 0. The number of carbonyl (C=O) groups excluding carboxylic acids is 6. The highest BCUT2D eigenvalue weighted by atomic mass is 16.7. The van der Waals surface area contributed by atoms with Gasteiger partial charge in [-0.05, 0) is 121 Å². The molecule has 1 rings (SSSR count). The van der Waals surface area contributed by atoms with Crippen LogP contribution in [-0.4, -0.2) is 114 Å². The van der Waals surface area contributed by atoms with Crippen LogP contribution < -0.4 is 21.3 Å². The first-order valence-corrected chi connectivity index (χ1v) is 22.5. The van der Waals surface area contributed by atoms with E-state index in [1.165, 1.54) is 5.06 Å². The number of unbranched alkanes of at least 4 members (excludes halogenated alkanes) is 6. The lowest BCUT2D eigenvalue weighted by Crippen LogP contribution is -2.47. The second-order valence-electron chi connectivity index (χ2n) is 19.4. The maximum atomic E-state index is 12.8. The molecular formula is C46H79N7O11. The molecular weight excluding hydrogens is 827 g/mol. The van der Waals surface area contributed by atoms with Crippen LogP contribution in [0.5, 0.6) is 0 Å². The zero-order valence-electron chi connectivity index (χ0n) is 40.7. The van der Waals surface area contributed by atoms with Gasteiger partial charge in [0.2, 0.25) is 17.8 Å². The zero-order chi connectivity index (χ0) is 48.4. The van der Waals surface area contributed by atoms with E-state index in [-0.39, 0.29) is 30.8 Å². The number of carbonyl (C=O) groups is 6. The van der Waals surface area contributed by atoms with Crippen molar-refractivity contribution in [3.05, 3.63) is 35.9 Å². The second kappa shape index (κ2) is 28.6. The maximum absolute atomic E-state index is 12.8. The average Bonchev–Trinajstić information content (AvgIpc) is 3.13. The van der Waals surface area contributed by atoms with Crippen molar-refractivity contribution in [2.24, 2.45) is 4.99 Å². The molecule has 64 heavy (non-hydrogen) atoms. The summed E-state index contributed by atoms with van der Waals surface area (Å²) in [5.74, 6) is -0.879. The van der Waals surface area contributed by atoms with Crippen LogP contribution in [0.25, 0.3) is 0 Å². The van der Waals surface area contributed by atoms with Gasteiger partial charge in [-0.1, -0.05) is 56.0 Å². The molecule has 1 aromatic carbocycles. The van der Waals surface area contributed by atoms with Crippen molar-refractivity contribution in [3.8, 4) is 0 Å². The van der Waals surface area contributed by atoms with Gasteiger partial charge in [-0.15, -0.1) is 4.99 Å². The molecule has 0 saturated heterocycles. The van der Waals surface area contributed by atoms with E-state index < -0.39 is 46.8 Å². The number of alkyl carbamates (subject to hydrolysis) is 2. The molecule has 0 fully saturated rings. The summed E-state index contributed by atoms with van der Waals surface area (Å²) in [5.41, 5.74) is -1.99. The van der Waals surface area contributed by atoms with Gasteiger partial charge in [0.1, 0.15) is 35.4 Å². The van der Waals surface area contributed by atoms with Crippen molar-refractivity contribution in [1.29, 1.82) is 0 Å². The molecule has 18 nitrogen and oxygen atoms in total. The van der Waals surface area contributed by atoms with Crippen LogP contribution in [0, 0.1) is 0 Å². The molecule has 0 heterocycles. The van der Waals surface area contributed by atoms with Gasteiger partial charge in [-0.25, -0.2) is 24.2 Å². The number of hydrogen-bond donors (Lipinski definition) is 4. The number of hydrogen-bond acceptors (Lipinski definition) is 11. The number of hydroxylamine groups is 2. The normalized spacial score (nSPS) is 12.1. The Bertz CT molecular complexity index is 1610. The molecule has 4 N–H and O–H groups in total.